The highest BCUT2D eigenvalue weighted by atomic mass is 35.5. The molecule has 0 spiro atoms. The molecule has 11 heteroatoms. The maximum Gasteiger partial charge on any atom is 0.273 e. The highest BCUT2D eigenvalue weighted by molar-refractivity contribution is 7.99. The average Bonchev–Trinajstić information content (AvgIpc) is 3.05. The van der Waals surface area contributed by atoms with Gasteiger partial charge in [-0.2, -0.15) is 11.8 Å². The summed E-state index contributed by atoms with van der Waals surface area (Å²) >= 11 is 7.30. The molecule has 9 nitrogen and oxygen atoms in total. The molecule has 1 aliphatic rings. The molecule has 0 saturated carbocycles. The summed E-state index contributed by atoms with van der Waals surface area (Å²) in [6.45, 7) is 10.8. The van der Waals surface area contributed by atoms with Gasteiger partial charge in [-0.1, -0.05) is 79.1 Å². The fourth-order valence-electron chi connectivity index (χ4n) is 5.09. The Bertz CT molecular complexity index is 1460. The van der Waals surface area contributed by atoms with E-state index < -0.39 is 0 Å². The van der Waals surface area contributed by atoms with Gasteiger partial charge in [-0.3, -0.25) is 9.59 Å². The number of hydrogen-bond donors (Lipinski definition) is 2. The minimum atomic E-state index is -0.309. The zero-order valence-corrected chi connectivity index (χ0v) is 30.0. The van der Waals surface area contributed by atoms with Crippen LogP contribution < -0.4 is 10.1 Å². The Morgan fingerprint density at radius 2 is 1.91 bits per heavy atom. The SMILES string of the molecule is CCSC(C)CC1CC(=O)C(/C(CC)=N/OC/C=C/Cl)=C(O)C1.CNC(=O)/C(=N/OC)c1ccccc1COc1cc(C)ccc1C. The lowest BCUT2D eigenvalue weighted by Gasteiger charge is -2.25. The first-order valence-electron chi connectivity index (χ1n) is 15.7. The number of benzene rings is 2. The summed E-state index contributed by atoms with van der Waals surface area (Å²) in [4.78, 5) is 34.4. The van der Waals surface area contributed by atoms with Crippen LogP contribution in [0.3, 0.4) is 0 Å². The van der Waals surface area contributed by atoms with Crippen LogP contribution >= 0.6 is 23.4 Å². The van der Waals surface area contributed by atoms with Crippen LogP contribution in [-0.2, 0) is 25.9 Å². The zero-order chi connectivity index (χ0) is 34.8. The fourth-order valence-corrected chi connectivity index (χ4v) is 6.14. The average molecular weight is 686 g/mol. The Morgan fingerprint density at radius 3 is 2.55 bits per heavy atom. The van der Waals surface area contributed by atoms with Crippen LogP contribution in [0.2, 0.25) is 0 Å². The Hall–Kier alpha value is -3.76. The summed E-state index contributed by atoms with van der Waals surface area (Å²) in [6.07, 6.45) is 4.09. The van der Waals surface area contributed by atoms with Gasteiger partial charge in [0.1, 0.15) is 31.8 Å². The van der Waals surface area contributed by atoms with Crippen molar-refractivity contribution in [1.82, 2.24) is 5.32 Å². The van der Waals surface area contributed by atoms with E-state index in [1.54, 1.807) is 13.1 Å². The molecule has 0 aliphatic heterocycles. The van der Waals surface area contributed by atoms with Gasteiger partial charge in [-0.25, -0.2) is 0 Å². The number of thioether (sulfide) groups is 1. The molecule has 1 aliphatic carbocycles. The van der Waals surface area contributed by atoms with E-state index in [9.17, 15) is 14.7 Å². The number of rotatable bonds is 15. The van der Waals surface area contributed by atoms with Crippen molar-refractivity contribution in [3.8, 4) is 5.75 Å². The summed E-state index contributed by atoms with van der Waals surface area (Å²) < 4.78 is 5.96. The molecular formula is C36H48ClN3O6S. The third kappa shape index (κ3) is 12.8. The lowest BCUT2D eigenvalue weighted by Crippen LogP contribution is -2.29. The second-order valence-electron chi connectivity index (χ2n) is 11.0. The standard InChI is InChI=1S/C19H22N2O3.C17H26ClNO3S/c1-13-9-10-14(2)17(11-13)24-12-15-7-5-6-8-16(15)18(21-23-4)19(22)20-3;1-4-14(19-22-8-6-7-18)17-15(20)10-13(11-16(17)21)9-12(3)23-5-2/h5-11H,12H2,1-4H3,(H,20,22);6-7,12-13,20H,4-5,8-11H2,1-3H3/b21-18+;7-6+,19-14+. The second kappa shape index (κ2) is 21.2. The molecule has 2 N–H and O–H groups in total. The van der Waals surface area contributed by atoms with E-state index in [0.717, 1.165) is 34.6 Å². The van der Waals surface area contributed by atoms with Crippen molar-refractivity contribution in [1.29, 1.82) is 0 Å². The van der Waals surface area contributed by atoms with Gasteiger partial charge >= 0.3 is 0 Å². The van der Waals surface area contributed by atoms with Crippen LogP contribution in [0.1, 0.15) is 68.7 Å². The Labute approximate surface area is 288 Å². The number of carbonyl (C=O) groups excluding carboxylic acids is 2. The highest BCUT2D eigenvalue weighted by Crippen LogP contribution is 2.32. The van der Waals surface area contributed by atoms with Crippen molar-refractivity contribution in [2.24, 2.45) is 16.2 Å². The topological polar surface area (TPSA) is 119 Å². The van der Waals surface area contributed by atoms with Gasteiger partial charge in [-0.15, -0.1) is 0 Å². The monoisotopic (exact) mass is 685 g/mol. The number of hydrogen-bond acceptors (Lipinski definition) is 9. The quantitative estimate of drug-likeness (QED) is 0.111. The van der Waals surface area contributed by atoms with Gasteiger partial charge in [0, 0.05) is 36.2 Å². The van der Waals surface area contributed by atoms with E-state index in [0.29, 0.717) is 48.0 Å². The number of ether oxygens (including phenoxy) is 1. The van der Waals surface area contributed by atoms with Crippen LogP contribution in [-0.4, -0.2) is 60.0 Å². The number of allylic oxidation sites excluding steroid dienone is 2. The number of ketones is 1. The molecule has 2 aromatic carbocycles. The molecule has 0 radical (unpaired) electrons. The normalized spacial score (nSPS) is 16.0. The van der Waals surface area contributed by atoms with Crippen LogP contribution in [0.4, 0.5) is 0 Å². The first kappa shape index (κ1) is 39.4. The maximum absolute atomic E-state index is 12.4. The predicted octanol–water partition coefficient (Wildman–Crippen LogP) is 7.82. The lowest BCUT2D eigenvalue weighted by atomic mass is 9.82. The van der Waals surface area contributed by atoms with E-state index in [1.165, 1.54) is 12.6 Å². The number of carbonyl (C=O) groups is 2. The van der Waals surface area contributed by atoms with Crippen molar-refractivity contribution in [3.63, 3.8) is 0 Å². The van der Waals surface area contributed by atoms with Gasteiger partial charge in [0.05, 0.1) is 11.3 Å². The third-order valence-corrected chi connectivity index (χ3v) is 8.60. The minimum absolute atomic E-state index is 0.0375. The van der Waals surface area contributed by atoms with Gasteiger partial charge < -0.3 is 24.8 Å². The molecule has 2 unspecified atom stereocenters. The second-order valence-corrected chi connectivity index (χ2v) is 13.0. The summed E-state index contributed by atoms with van der Waals surface area (Å²) in [5.74, 6) is 1.90. The zero-order valence-electron chi connectivity index (χ0n) is 28.5. The Morgan fingerprint density at radius 1 is 1.17 bits per heavy atom. The Balaban J connectivity index is 0.000000327. The van der Waals surface area contributed by atoms with Crippen LogP contribution in [0.15, 0.2) is 75.7 Å². The molecule has 0 fully saturated rings. The van der Waals surface area contributed by atoms with Gasteiger partial charge in [0.15, 0.2) is 11.5 Å². The summed E-state index contributed by atoms with van der Waals surface area (Å²) in [5.41, 5.74) is 6.16. The number of nitrogens with zero attached hydrogens (tertiary/aromatic N) is 2. The molecule has 0 aromatic heterocycles. The van der Waals surface area contributed by atoms with Crippen molar-refractivity contribution in [2.75, 3.05) is 26.5 Å². The summed E-state index contributed by atoms with van der Waals surface area (Å²) in [5, 5.41) is 21.3. The summed E-state index contributed by atoms with van der Waals surface area (Å²) in [6, 6.07) is 13.6. The number of Topliss-reactive ketones (excluding diaryl/α,β-unsaturated/α-hetero) is 1. The van der Waals surface area contributed by atoms with Crippen molar-refractivity contribution < 1.29 is 29.1 Å². The van der Waals surface area contributed by atoms with Crippen molar-refractivity contribution in [2.45, 2.75) is 72.2 Å². The molecule has 0 heterocycles. The molecule has 3 rings (SSSR count). The van der Waals surface area contributed by atoms with Crippen LogP contribution in [0.25, 0.3) is 0 Å². The molecule has 2 aromatic rings. The number of likely N-dealkylation sites (N-methyl/N-ethyl adjacent to an activating group) is 1. The fraction of sp³-hybridized carbons (Fsp3) is 0.444. The highest BCUT2D eigenvalue weighted by Gasteiger charge is 2.31. The number of oxime groups is 2. The molecule has 0 bridgehead atoms. The third-order valence-electron chi connectivity index (χ3n) is 7.32. The molecule has 2 atom stereocenters. The number of aliphatic hydroxyl groups excluding tert-OH is 1. The van der Waals surface area contributed by atoms with Crippen molar-refractivity contribution >= 4 is 46.5 Å². The van der Waals surface area contributed by atoms with Gasteiger partial charge in [0.2, 0.25) is 0 Å². The summed E-state index contributed by atoms with van der Waals surface area (Å²) in [7, 11) is 2.97. The molecule has 1 amide bonds. The first-order valence-corrected chi connectivity index (χ1v) is 17.2. The van der Waals surface area contributed by atoms with E-state index >= 15 is 0 Å². The number of nitrogens with one attached hydrogen (secondary N) is 1. The van der Waals surface area contributed by atoms with E-state index in [-0.39, 0.29) is 35.7 Å². The number of halogens is 1. The Kier molecular flexibility index (Phi) is 17.8. The smallest absolute Gasteiger partial charge is 0.273 e. The first-order chi connectivity index (χ1) is 22.6. The number of amides is 1. The van der Waals surface area contributed by atoms with Crippen LogP contribution in [0.5, 0.6) is 5.75 Å². The molecular weight excluding hydrogens is 638 g/mol. The van der Waals surface area contributed by atoms with Gasteiger partial charge in [0.25, 0.3) is 5.91 Å². The predicted molar refractivity (Wildman–Crippen MR) is 193 cm³/mol. The lowest BCUT2D eigenvalue weighted by molar-refractivity contribution is -0.117. The molecule has 0 saturated heterocycles. The number of aliphatic hydroxyl groups is 1. The van der Waals surface area contributed by atoms with Crippen LogP contribution in [0, 0.1) is 19.8 Å². The number of aryl methyl sites for hydroxylation is 2. The molecule has 256 valence electrons. The minimum Gasteiger partial charge on any atom is -0.511 e. The van der Waals surface area contributed by atoms with Crippen molar-refractivity contribution in [3.05, 3.63) is 87.7 Å². The van der Waals surface area contributed by atoms with Gasteiger partial charge in [-0.05, 0) is 67.2 Å². The maximum atomic E-state index is 12.4. The van der Waals surface area contributed by atoms with E-state index in [4.69, 9.17) is 26.0 Å². The van der Waals surface area contributed by atoms with E-state index in [2.05, 4.69) is 29.5 Å². The largest absolute Gasteiger partial charge is 0.511 e. The van der Waals surface area contributed by atoms with E-state index in [1.807, 2.05) is 75.0 Å². The molecule has 47 heavy (non-hydrogen) atoms.